The highest BCUT2D eigenvalue weighted by atomic mass is 16.5. The Labute approximate surface area is 258 Å². The van der Waals surface area contributed by atoms with Gasteiger partial charge >= 0.3 is 0 Å². The van der Waals surface area contributed by atoms with Gasteiger partial charge in [-0.2, -0.15) is 0 Å². The van der Waals surface area contributed by atoms with Gasteiger partial charge in [0.2, 0.25) is 5.90 Å². The van der Waals surface area contributed by atoms with Crippen LogP contribution in [0.4, 0.5) is 0 Å². The van der Waals surface area contributed by atoms with Crippen LogP contribution in [-0.4, -0.2) is 41.7 Å². The minimum Gasteiger partial charge on any atom is -0.494 e. The normalized spacial score (nSPS) is 19.1. The van der Waals surface area contributed by atoms with E-state index < -0.39 is 11.6 Å². The van der Waals surface area contributed by atoms with Crippen molar-refractivity contribution in [2.24, 2.45) is 4.99 Å². The molecule has 1 amide bonds. The molecule has 0 aromatic heterocycles. The first-order valence-electron chi connectivity index (χ1n) is 15.1. The summed E-state index contributed by atoms with van der Waals surface area (Å²) in [5.41, 5.74) is 11.4. The zero-order valence-electron chi connectivity index (χ0n) is 24.6. The number of carbonyl (C=O) groups is 1. The Morgan fingerprint density at radius 2 is 1.55 bits per heavy atom. The van der Waals surface area contributed by atoms with Gasteiger partial charge in [0, 0.05) is 31.1 Å². The minimum absolute atomic E-state index is 0.0758. The lowest BCUT2D eigenvalue weighted by Crippen LogP contribution is -2.55. The van der Waals surface area contributed by atoms with E-state index in [1.54, 1.807) is 6.08 Å². The van der Waals surface area contributed by atoms with Crippen LogP contribution in [0.1, 0.15) is 41.2 Å². The maximum Gasteiger partial charge on any atom is 0.266 e. The average Bonchev–Trinajstić information content (AvgIpc) is 3.67. The summed E-state index contributed by atoms with van der Waals surface area (Å²) >= 11 is 0. The summed E-state index contributed by atoms with van der Waals surface area (Å²) in [7, 11) is 0. The first kappa shape index (κ1) is 29.4. The second-order valence-electron chi connectivity index (χ2n) is 11.2. The van der Waals surface area contributed by atoms with Crippen LogP contribution in [0.5, 0.6) is 5.75 Å². The molecule has 0 bridgehead atoms. The zero-order chi connectivity index (χ0) is 30.4. The predicted molar refractivity (Wildman–Crippen MR) is 172 cm³/mol. The summed E-state index contributed by atoms with van der Waals surface area (Å²) in [5.74, 6) is 0.796. The summed E-state index contributed by atoms with van der Waals surface area (Å²) in [4.78, 5) is 19.2. The van der Waals surface area contributed by atoms with Gasteiger partial charge in [-0.25, -0.2) is 10.4 Å². The van der Waals surface area contributed by atoms with Crippen LogP contribution in [-0.2, 0) is 22.4 Å². The Hall–Kier alpha value is -4.72. The third-order valence-corrected chi connectivity index (χ3v) is 8.25. The molecule has 3 N–H and O–H groups in total. The Morgan fingerprint density at radius 1 is 0.909 bits per heavy atom. The summed E-state index contributed by atoms with van der Waals surface area (Å²) < 4.78 is 12.3. The summed E-state index contributed by atoms with van der Waals surface area (Å²) in [5, 5.41) is 9.05. The standard InChI is InChI=1S/C37H37N3O4/c1-2-21-37(36(42)40-39-32-24-30-11-6-7-12-31(30)25-32)34(28-15-13-27(14-16-28)26-9-4-3-5-10-26)44-35(38-37)29-17-19-33(20-18-29)43-23-8-22-41/h2-7,9-20,32,34,39,41H,1,8,21-25H2,(H,40,42)/t34-,37-/m0/s1. The Morgan fingerprint density at radius 3 is 2.20 bits per heavy atom. The summed E-state index contributed by atoms with van der Waals surface area (Å²) in [6, 6.07) is 34.2. The molecule has 2 aliphatic rings. The number of ether oxygens (including phenoxy) is 2. The zero-order valence-corrected chi connectivity index (χ0v) is 24.6. The molecule has 6 rings (SSSR count). The van der Waals surface area contributed by atoms with Gasteiger partial charge in [0.1, 0.15) is 5.75 Å². The number of aliphatic hydroxyl groups is 1. The van der Waals surface area contributed by atoms with Crippen LogP contribution in [0.3, 0.4) is 0 Å². The van der Waals surface area contributed by atoms with Crippen LogP contribution in [0, 0.1) is 0 Å². The van der Waals surface area contributed by atoms with Crippen molar-refractivity contribution in [2.75, 3.05) is 13.2 Å². The largest absolute Gasteiger partial charge is 0.494 e. The van der Waals surface area contributed by atoms with Gasteiger partial charge < -0.3 is 14.6 Å². The van der Waals surface area contributed by atoms with Crippen molar-refractivity contribution in [1.82, 2.24) is 10.9 Å². The maximum absolute atomic E-state index is 14.2. The fraction of sp³-hybridized carbons (Fsp3) is 0.243. The Kier molecular flexibility index (Phi) is 8.86. The molecule has 1 aliphatic carbocycles. The SMILES string of the molecule is C=CC[C@]1(C(=O)NNC2Cc3ccccc3C2)N=C(c2ccc(OCCCO)cc2)O[C@H]1c1ccc(-c2ccccc2)cc1. The number of nitrogens with zero attached hydrogens (tertiary/aromatic N) is 1. The van der Waals surface area contributed by atoms with Crippen LogP contribution >= 0.6 is 0 Å². The molecular weight excluding hydrogens is 550 g/mol. The second kappa shape index (κ2) is 13.3. The highest BCUT2D eigenvalue weighted by Crippen LogP contribution is 2.43. The molecule has 224 valence electrons. The van der Waals surface area contributed by atoms with Crippen molar-refractivity contribution in [3.63, 3.8) is 0 Å². The van der Waals surface area contributed by atoms with Crippen LogP contribution < -0.4 is 15.6 Å². The van der Waals surface area contributed by atoms with Crippen molar-refractivity contribution in [1.29, 1.82) is 0 Å². The quantitative estimate of drug-likeness (QED) is 0.112. The smallest absolute Gasteiger partial charge is 0.266 e. The lowest BCUT2D eigenvalue weighted by atomic mass is 9.84. The first-order valence-corrected chi connectivity index (χ1v) is 15.1. The van der Waals surface area contributed by atoms with Gasteiger partial charge in [-0.05, 0) is 64.9 Å². The topological polar surface area (TPSA) is 92.2 Å². The molecule has 0 radical (unpaired) electrons. The Balaban J connectivity index is 1.28. The molecule has 1 heterocycles. The predicted octanol–water partition coefficient (Wildman–Crippen LogP) is 5.74. The van der Waals surface area contributed by atoms with E-state index in [4.69, 9.17) is 19.6 Å². The number of hydrogen-bond acceptors (Lipinski definition) is 6. The van der Waals surface area contributed by atoms with E-state index in [-0.39, 0.29) is 25.0 Å². The fourth-order valence-corrected chi connectivity index (χ4v) is 5.95. The third kappa shape index (κ3) is 6.16. The van der Waals surface area contributed by atoms with Crippen molar-refractivity contribution in [3.05, 3.63) is 138 Å². The summed E-state index contributed by atoms with van der Waals surface area (Å²) in [6.45, 7) is 4.49. The lowest BCUT2D eigenvalue weighted by Gasteiger charge is -2.30. The van der Waals surface area contributed by atoms with Gasteiger partial charge in [-0.1, -0.05) is 84.9 Å². The number of amides is 1. The molecule has 0 saturated carbocycles. The number of fused-ring (bicyclic) bond motifs is 1. The molecule has 0 unspecified atom stereocenters. The van der Waals surface area contributed by atoms with E-state index in [9.17, 15) is 4.79 Å². The van der Waals surface area contributed by atoms with Gasteiger partial charge in [0.25, 0.3) is 5.91 Å². The maximum atomic E-state index is 14.2. The molecular formula is C37H37N3O4. The van der Waals surface area contributed by atoms with Gasteiger partial charge in [-0.15, -0.1) is 6.58 Å². The van der Waals surface area contributed by atoms with E-state index in [0.717, 1.165) is 35.1 Å². The molecule has 2 atom stereocenters. The number of aliphatic hydroxyl groups excluding tert-OH is 1. The lowest BCUT2D eigenvalue weighted by molar-refractivity contribution is -0.130. The molecule has 4 aromatic carbocycles. The summed E-state index contributed by atoms with van der Waals surface area (Å²) in [6.07, 6.45) is 3.57. The monoisotopic (exact) mass is 587 g/mol. The highest BCUT2D eigenvalue weighted by Gasteiger charge is 2.52. The molecule has 1 aliphatic heterocycles. The Bertz CT molecular complexity index is 1590. The molecule has 7 nitrogen and oxygen atoms in total. The van der Waals surface area contributed by atoms with Gasteiger partial charge in [-0.3, -0.25) is 10.2 Å². The number of carbonyl (C=O) groups excluding carboxylic acids is 1. The first-order chi connectivity index (χ1) is 21.6. The van der Waals surface area contributed by atoms with E-state index in [2.05, 4.69) is 53.8 Å². The molecule has 44 heavy (non-hydrogen) atoms. The number of benzene rings is 4. The second-order valence-corrected chi connectivity index (χ2v) is 11.2. The molecule has 0 spiro atoms. The number of aliphatic imine (C=N–C) groups is 1. The minimum atomic E-state index is -1.28. The third-order valence-electron chi connectivity index (χ3n) is 8.25. The number of nitrogens with one attached hydrogen (secondary N) is 2. The average molecular weight is 588 g/mol. The molecule has 0 saturated heterocycles. The van der Waals surface area contributed by atoms with Crippen molar-refractivity contribution in [2.45, 2.75) is 43.4 Å². The van der Waals surface area contributed by atoms with Gasteiger partial charge in [0.15, 0.2) is 11.6 Å². The number of hydrogen-bond donors (Lipinski definition) is 3. The molecule has 4 aromatic rings. The number of hydrazine groups is 1. The molecule has 7 heteroatoms. The number of rotatable bonds is 12. The highest BCUT2D eigenvalue weighted by molar-refractivity contribution is 6.01. The van der Waals surface area contributed by atoms with E-state index in [1.807, 2.05) is 66.7 Å². The van der Waals surface area contributed by atoms with E-state index in [0.29, 0.717) is 24.7 Å². The van der Waals surface area contributed by atoms with E-state index >= 15 is 0 Å². The van der Waals surface area contributed by atoms with Crippen LogP contribution in [0.2, 0.25) is 0 Å². The van der Waals surface area contributed by atoms with Crippen molar-refractivity contribution >= 4 is 11.8 Å². The van der Waals surface area contributed by atoms with Crippen molar-refractivity contribution in [3.8, 4) is 16.9 Å². The fourth-order valence-electron chi connectivity index (χ4n) is 5.95. The van der Waals surface area contributed by atoms with Gasteiger partial charge in [0.05, 0.1) is 6.61 Å². The van der Waals surface area contributed by atoms with Crippen molar-refractivity contribution < 1.29 is 19.4 Å². The van der Waals surface area contributed by atoms with E-state index in [1.165, 1.54) is 11.1 Å². The van der Waals surface area contributed by atoms with Crippen LogP contribution in [0.25, 0.3) is 11.1 Å². The van der Waals surface area contributed by atoms with Crippen LogP contribution in [0.15, 0.2) is 121 Å². The molecule has 0 fully saturated rings.